The van der Waals surface area contributed by atoms with Gasteiger partial charge in [-0.15, -0.1) is 0 Å². The van der Waals surface area contributed by atoms with Gasteiger partial charge in [0.1, 0.15) is 0 Å². The monoisotopic (exact) mass is 247 g/mol. The Bertz CT molecular complexity index is 352. The van der Waals surface area contributed by atoms with E-state index >= 15 is 0 Å². The molecule has 96 valence electrons. The Labute approximate surface area is 98.5 Å². The topological polar surface area (TPSA) is 32.3 Å². The molecule has 0 spiro atoms. The summed E-state index contributed by atoms with van der Waals surface area (Å²) < 4.78 is 37.9. The molecular weight excluding hydrogens is 231 g/mol. The predicted molar refractivity (Wildman–Crippen MR) is 60.8 cm³/mol. The van der Waals surface area contributed by atoms with Gasteiger partial charge in [-0.2, -0.15) is 13.2 Å². The minimum Gasteiger partial charge on any atom is -0.391 e. The second kappa shape index (κ2) is 5.91. The number of halogens is 3. The fourth-order valence-corrected chi connectivity index (χ4v) is 1.55. The van der Waals surface area contributed by atoms with Crippen molar-refractivity contribution in [1.29, 1.82) is 0 Å². The van der Waals surface area contributed by atoms with Gasteiger partial charge in [0.2, 0.25) is 0 Å². The second-order valence-corrected chi connectivity index (χ2v) is 3.87. The predicted octanol–water partition coefficient (Wildman–Crippen LogP) is 3.28. The van der Waals surface area contributed by atoms with E-state index in [1.165, 1.54) is 18.2 Å². The van der Waals surface area contributed by atoms with E-state index in [2.05, 4.69) is 5.32 Å². The lowest BCUT2D eigenvalue weighted by Crippen LogP contribution is -2.20. The van der Waals surface area contributed by atoms with E-state index in [4.69, 9.17) is 0 Å². The number of anilines is 1. The average molecular weight is 247 g/mol. The molecule has 2 nitrogen and oxygen atoms in total. The fraction of sp³-hybridized carbons (Fsp3) is 0.500. The van der Waals surface area contributed by atoms with Crippen LogP contribution in [0.1, 0.15) is 25.3 Å². The number of rotatable bonds is 5. The molecule has 1 aromatic rings. The van der Waals surface area contributed by atoms with Crippen LogP contribution >= 0.6 is 0 Å². The van der Waals surface area contributed by atoms with Crippen molar-refractivity contribution in [2.45, 2.75) is 32.0 Å². The largest absolute Gasteiger partial charge is 0.418 e. The van der Waals surface area contributed by atoms with Crippen LogP contribution in [0, 0.1) is 0 Å². The Morgan fingerprint density at radius 2 is 1.94 bits per heavy atom. The molecule has 2 N–H and O–H groups in total. The van der Waals surface area contributed by atoms with E-state index in [1.807, 2.05) is 6.92 Å². The van der Waals surface area contributed by atoms with Crippen LogP contribution in [0.2, 0.25) is 0 Å². The first-order chi connectivity index (χ1) is 7.95. The zero-order valence-corrected chi connectivity index (χ0v) is 9.59. The van der Waals surface area contributed by atoms with Gasteiger partial charge < -0.3 is 10.4 Å². The van der Waals surface area contributed by atoms with E-state index in [9.17, 15) is 18.3 Å². The number of benzene rings is 1. The molecular formula is C12H16F3NO. The molecule has 1 unspecified atom stereocenters. The average Bonchev–Trinajstić information content (AvgIpc) is 2.26. The van der Waals surface area contributed by atoms with Gasteiger partial charge in [-0.25, -0.2) is 0 Å². The van der Waals surface area contributed by atoms with Crippen LogP contribution in [0.15, 0.2) is 24.3 Å². The highest BCUT2D eigenvalue weighted by atomic mass is 19.4. The summed E-state index contributed by atoms with van der Waals surface area (Å²) in [6.45, 7) is 2.04. The van der Waals surface area contributed by atoms with Gasteiger partial charge in [-0.05, 0) is 18.6 Å². The first-order valence-electron chi connectivity index (χ1n) is 5.53. The molecule has 0 aliphatic carbocycles. The van der Waals surface area contributed by atoms with Crippen molar-refractivity contribution in [2.24, 2.45) is 0 Å². The summed E-state index contributed by atoms with van der Waals surface area (Å²) in [6, 6.07) is 5.26. The van der Waals surface area contributed by atoms with Crippen molar-refractivity contribution >= 4 is 5.69 Å². The maximum Gasteiger partial charge on any atom is 0.418 e. The SMILES string of the molecule is CCCC(O)CNc1ccccc1C(F)(F)F. The highest BCUT2D eigenvalue weighted by Crippen LogP contribution is 2.34. The molecule has 0 aliphatic heterocycles. The quantitative estimate of drug-likeness (QED) is 0.836. The van der Waals surface area contributed by atoms with Gasteiger partial charge in [0.15, 0.2) is 0 Å². The second-order valence-electron chi connectivity index (χ2n) is 3.87. The van der Waals surface area contributed by atoms with E-state index < -0.39 is 17.8 Å². The summed E-state index contributed by atoms with van der Waals surface area (Å²) in [5.41, 5.74) is -0.696. The van der Waals surface area contributed by atoms with Crippen molar-refractivity contribution in [1.82, 2.24) is 0 Å². The molecule has 0 aliphatic rings. The molecule has 0 aromatic heterocycles. The van der Waals surface area contributed by atoms with Crippen molar-refractivity contribution in [3.8, 4) is 0 Å². The third kappa shape index (κ3) is 4.26. The van der Waals surface area contributed by atoms with Crippen LogP contribution in [0.4, 0.5) is 18.9 Å². The Kier molecular flexibility index (Phi) is 4.81. The van der Waals surface area contributed by atoms with Crippen LogP contribution in [0.5, 0.6) is 0 Å². The number of hydrogen-bond donors (Lipinski definition) is 2. The standard InChI is InChI=1S/C12H16F3NO/c1-2-5-9(17)8-16-11-7-4-3-6-10(11)12(13,14)15/h3-4,6-7,9,16-17H,2,5,8H2,1H3. The molecule has 0 bridgehead atoms. The van der Waals surface area contributed by atoms with Crippen molar-refractivity contribution < 1.29 is 18.3 Å². The molecule has 0 saturated carbocycles. The van der Waals surface area contributed by atoms with Crippen molar-refractivity contribution in [3.63, 3.8) is 0 Å². The molecule has 1 aromatic carbocycles. The summed E-state index contributed by atoms with van der Waals surface area (Å²) in [7, 11) is 0. The summed E-state index contributed by atoms with van der Waals surface area (Å²) in [6.07, 6.45) is -3.63. The lowest BCUT2D eigenvalue weighted by Gasteiger charge is -2.16. The Balaban J connectivity index is 2.71. The Hall–Kier alpha value is -1.23. The van der Waals surface area contributed by atoms with Gasteiger partial charge in [-0.1, -0.05) is 25.5 Å². The maximum atomic E-state index is 12.6. The van der Waals surface area contributed by atoms with Crippen LogP contribution < -0.4 is 5.32 Å². The first-order valence-corrected chi connectivity index (χ1v) is 5.53. The van der Waals surface area contributed by atoms with E-state index in [0.717, 1.165) is 12.5 Å². The normalized spacial score (nSPS) is 13.5. The molecule has 1 atom stereocenters. The van der Waals surface area contributed by atoms with Crippen LogP contribution in [-0.4, -0.2) is 17.8 Å². The summed E-state index contributed by atoms with van der Waals surface area (Å²) in [5, 5.41) is 12.1. The van der Waals surface area contributed by atoms with Crippen molar-refractivity contribution in [2.75, 3.05) is 11.9 Å². The zero-order valence-electron chi connectivity index (χ0n) is 9.59. The number of aliphatic hydroxyl groups is 1. The minimum atomic E-state index is -4.38. The van der Waals surface area contributed by atoms with E-state index in [0.29, 0.717) is 6.42 Å². The number of nitrogens with one attached hydrogen (secondary N) is 1. The number of hydrogen-bond acceptors (Lipinski definition) is 2. The zero-order chi connectivity index (χ0) is 12.9. The van der Waals surface area contributed by atoms with Gasteiger partial charge in [0.05, 0.1) is 11.7 Å². The third-order valence-electron chi connectivity index (χ3n) is 2.38. The molecule has 0 heterocycles. The van der Waals surface area contributed by atoms with Gasteiger partial charge in [0.25, 0.3) is 0 Å². The van der Waals surface area contributed by atoms with Crippen LogP contribution in [-0.2, 0) is 6.18 Å². The minimum absolute atomic E-state index is 0.00940. The Morgan fingerprint density at radius 1 is 1.29 bits per heavy atom. The smallest absolute Gasteiger partial charge is 0.391 e. The summed E-state index contributed by atoms with van der Waals surface area (Å²) >= 11 is 0. The molecule has 1 rings (SSSR count). The summed E-state index contributed by atoms with van der Waals surface area (Å²) in [4.78, 5) is 0. The first kappa shape index (κ1) is 13.8. The highest BCUT2D eigenvalue weighted by molar-refractivity contribution is 5.52. The molecule has 0 saturated heterocycles. The molecule has 0 fully saturated rings. The Morgan fingerprint density at radius 3 is 2.53 bits per heavy atom. The van der Waals surface area contributed by atoms with Gasteiger partial charge >= 0.3 is 6.18 Å². The van der Waals surface area contributed by atoms with E-state index in [1.54, 1.807) is 0 Å². The summed E-state index contributed by atoms with van der Waals surface area (Å²) in [5.74, 6) is 0. The van der Waals surface area contributed by atoms with E-state index in [-0.39, 0.29) is 12.2 Å². The lowest BCUT2D eigenvalue weighted by molar-refractivity contribution is -0.137. The van der Waals surface area contributed by atoms with Gasteiger partial charge in [-0.3, -0.25) is 0 Å². The number of aliphatic hydroxyl groups excluding tert-OH is 1. The molecule has 17 heavy (non-hydrogen) atoms. The highest BCUT2D eigenvalue weighted by Gasteiger charge is 2.33. The lowest BCUT2D eigenvalue weighted by atomic mass is 10.1. The number of para-hydroxylation sites is 1. The molecule has 0 amide bonds. The maximum absolute atomic E-state index is 12.6. The van der Waals surface area contributed by atoms with Crippen molar-refractivity contribution in [3.05, 3.63) is 29.8 Å². The van der Waals surface area contributed by atoms with Gasteiger partial charge in [0, 0.05) is 12.2 Å². The fourth-order valence-electron chi connectivity index (χ4n) is 1.55. The molecule has 0 radical (unpaired) electrons. The molecule has 5 heteroatoms. The third-order valence-corrected chi connectivity index (χ3v) is 2.38. The van der Waals surface area contributed by atoms with Crippen LogP contribution in [0.25, 0.3) is 0 Å². The number of alkyl halides is 3. The van der Waals surface area contributed by atoms with Crippen LogP contribution in [0.3, 0.4) is 0 Å².